The number of hydrogen-bond acceptors (Lipinski definition) is 4. The van der Waals surface area contributed by atoms with Crippen LogP contribution in [0.25, 0.3) is 0 Å². The highest BCUT2D eigenvalue weighted by Crippen LogP contribution is 2.23. The molecule has 2 aromatic rings. The van der Waals surface area contributed by atoms with E-state index in [1.165, 1.54) is 23.5 Å². The molecule has 1 amide bonds. The summed E-state index contributed by atoms with van der Waals surface area (Å²) in [5.41, 5.74) is 0.991. The largest absolute Gasteiger partial charge is 0.349 e. The summed E-state index contributed by atoms with van der Waals surface area (Å²) in [5.74, 6) is -0.135. The van der Waals surface area contributed by atoms with Crippen LogP contribution in [0, 0.1) is 0 Å². The predicted molar refractivity (Wildman–Crippen MR) is 111 cm³/mol. The molecule has 1 saturated heterocycles. The molecular formula is C20H24ClN3O3S. The fourth-order valence-corrected chi connectivity index (χ4v) is 4.47. The van der Waals surface area contributed by atoms with Gasteiger partial charge in [0.2, 0.25) is 0 Å². The Kier molecular flexibility index (Phi) is 6.27. The van der Waals surface area contributed by atoms with E-state index in [1.807, 2.05) is 0 Å². The Hall–Kier alpha value is -2.09. The van der Waals surface area contributed by atoms with E-state index in [9.17, 15) is 13.2 Å². The van der Waals surface area contributed by atoms with Gasteiger partial charge in [-0.2, -0.15) is 0 Å². The quantitative estimate of drug-likeness (QED) is 0.805. The lowest BCUT2D eigenvalue weighted by atomic mass is 10.0. The second-order valence-electron chi connectivity index (χ2n) is 7.02. The van der Waals surface area contributed by atoms with Crippen molar-refractivity contribution in [3.05, 3.63) is 59.1 Å². The zero-order chi connectivity index (χ0) is 20.3. The van der Waals surface area contributed by atoms with E-state index in [0.29, 0.717) is 16.3 Å². The average molecular weight is 422 g/mol. The van der Waals surface area contributed by atoms with Gasteiger partial charge in [-0.15, -0.1) is 0 Å². The normalized spacial score (nSPS) is 16.0. The van der Waals surface area contributed by atoms with Crippen LogP contribution in [0.1, 0.15) is 23.2 Å². The third-order valence-corrected chi connectivity index (χ3v) is 7.07. The lowest BCUT2D eigenvalue weighted by molar-refractivity contribution is 0.0917. The van der Waals surface area contributed by atoms with Gasteiger partial charge in [-0.1, -0.05) is 11.6 Å². The van der Waals surface area contributed by atoms with E-state index in [0.717, 1.165) is 25.9 Å². The molecule has 0 bridgehead atoms. The molecule has 0 spiro atoms. The molecule has 150 valence electrons. The predicted octanol–water partition coefficient (Wildman–Crippen LogP) is 2.99. The van der Waals surface area contributed by atoms with Crippen LogP contribution < -0.4 is 9.62 Å². The van der Waals surface area contributed by atoms with Crippen molar-refractivity contribution in [3.8, 4) is 0 Å². The number of piperidine rings is 1. The molecule has 0 aromatic heterocycles. The first-order chi connectivity index (χ1) is 13.3. The summed E-state index contributed by atoms with van der Waals surface area (Å²) < 4.78 is 26.7. The Morgan fingerprint density at radius 1 is 1.07 bits per heavy atom. The summed E-state index contributed by atoms with van der Waals surface area (Å²) in [6, 6.07) is 12.8. The topological polar surface area (TPSA) is 69.7 Å². The SMILES string of the molecule is CN1CCC(NC(=O)c2ccc(N(C)S(=O)(=O)c3ccc(Cl)cc3)cc2)CC1. The number of likely N-dealkylation sites (tertiary alicyclic amines) is 1. The van der Waals surface area contributed by atoms with Crippen molar-refractivity contribution in [2.24, 2.45) is 0 Å². The molecule has 0 radical (unpaired) electrons. The maximum atomic E-state index is 12.8. The molecule has 2 aromatic carbocycles. The minimum atomic E-state index is -3.70. The van der Waals surface area contributed by atoms with Crippen LogP contribution in [0.15, 0.2) is 53.4 Å². The highest BCUT2D eigenvalue weighted by molar-refractivity contribution is 7.92. The number of rotatable bonds is 5. The second kappa shape index (κ2) is 8.51. The van der Waals surface area contributed by atoms with Crippen molar-refractivity contribution in [2.75, 3.05) is 31.5 Å². The molecule has 1 aliphatic rings. The molecule has 1 fully saturated rings. The standard InChI is InChI=1S/C20H24ClN3O3S/c1-23-13-11-17(12-14-23)22-20(25)15-3-7-18(8-4-15)24(2)28(26,27)19-9-5-16(21)6-10-19/h3-10,17H,11-14H2,1-2H3,(H,22,25). The van der Waals surface area contributed by atoms with Crippen LogP contribution in [-0.4, -0.2) is 52.5 Å². The van der Waals surface area contributed by atoms with Crippen LogP contribution in [0.3, 0.4) is 0 Å². The monoisotopic (exact) mass is 421 g/mol. The van der Waals surface area contributed by atoms with Gasteiger partial charge >= 0.3 is 0 Å². The van der Waals surface area contributed by atoms with Crippen LogP contribution in [0.5, 0.6) is 0 Å². The zero-order valence-electron chi connectivity index (χ0n) is 15.9. The molecule has 8 heteroatoms. The summed E-state index contributed by atoms with van der Waals surface area (Å²) in [7, 11) is -0.142. The number of carbonyl (C=O) groups excluding carboxylic acids is 1. The van der Waals surface area contributed by atoms with Gasteiger partial charge in [-0.25, -0.2) is 8.42 Å². The number of anilines is 1. The van der Waals surface area contributed by atoms with E-state index < -0.39 is 10.0 Å². The highest BCUT2D eigenvalue weighted by Gasteiger charge is 2.22. The van der Waals surface area contributed by atoms with Crippen LogP contribution in [0.4, 0.5) is 5.69 Å². The molecule has 28 heavy (non-hydrogen) atoms. The average Bonchev–Trinajstić information content (AvgIpc) is 2.69. The van der Waals surface area contributed by atoms with Crippen molar-refractivity contribution in [1.82, 2.24) is 10.2 Å². The number of benzene rings is 2. The molecule has 1 aliphatic heterocycles. The minimum Gasteiger partial charge on any atom is -0.349 e. The smallest absolute Gasteiger partial charge is 0.264 e. The van der Waals surface area contributed by atoms with Gasteiger partial charge < -0.3 is 10.2 Å². The summed E-state index contributed by atoms with van der Waals surface area (Å²) in [4.78, 5) is 14.9. The minimum absolute atomic E-state index is 0.135. The summed E-state index contributed by atoms with van der Waals surface area (Å²) in [6.07, 6.45) is 1.87. The molecule has 6 nitrogen and oxygen atoms in total. The number of nitrogens with zero attached hydrogens (tertiary/aromatic N) is 2. The third-order valence-electron chi connectivity index (χ3n) is 5.02. The van der Waals surface area contributed by atoms with Gasteiger partial charge in [0.15, 0.2) is 0 Å². The van der Waals surface area contributed by atoms with Gasteiger partial charge in [0.25, 0.3) is 15.9 Å². The molecular weight excluding hydrogens is 398 g/mol. The summed E-state index contributed by atoms with van der Waals surface area (Å²) in [6.45, 7) is 1.94. The lowest BCUT2D eigenvalue weighted by Crippen LogP contribution is -2.43. The number of carbonyl (C=O) groups is 1. The van der Waals surface area contributed by atoms with Crippen molar-refractivity contribution in [1.29, 1.82) is 0 Å². The van der Waals surface area contributed by atoms with E-state index in [2.05, 4.69) is 17.3 Å². The van der Waals surface area contributed by atoms with E-state index in [-0.39, 0.29) is 16.8 Å². The Balaban J connectivity index is 1.69. The number of sulfonamides is 1. The first kappa shape index (κ1) is 20.6. The fraction of sp³-hybridized carbons (Fsp3) is 0.350. The van der Waals surface area contributed by atoms with Crippen molar-refractivity contribution < 1.29 is 13.2 Å². The van der Waals surface area contributed by atoms with Crippen molar-refractivity contribution in [2.45, 2.75) is 23.8 Å². The van der Waals surface area contributed by atoms with Gasteiger partial charge in [0, 0.05) is 23.7 Å². The third kappa shape index (κ3) is 4.66. The summed E-state index contributed by atoms with van der Waals surface area (Å²) in [5, 5.41) is 3.53. The summed E-state index contributed by atoms with van der Waals surface area (Å²) >= 11 is 5.83. The first-order valence-electron chi connectivity index (χ1n) is 9.11. The number of halogens is 1. The second-order valence-corrected chi connectivity index (χ2v) is 9.43. The van der Waals surface area contributed by atoms with Gasteiger partial charge in [-0.05, 0) is 81.5 Å². The van der Waals surface area contributed by atoms with Gasteiger partial charge in [0.05, 0.1) is 10.6 Å². The highest BCUT2D eigenvalue weighted by atomic mass is 35.5. The van der Waals surface area contributed by atoms with Gasteiger partial charge in [0.1, 0.15) is 0 Å². The van der Waals surface area contributed by atoms with Crippen LogP contribution >= 0.6 is 11.6 Å². The Morgan fingerprint density at radius 2 is 1.64 bits per heavy atom. The number of hydrogen-bond donors (Lipinski definition) is 1. The molecule has 1 heterocycles. The number of nitrogens with one attached hydrogen (secondary N) is 1. The Labute approximate surface area is 171 Å². The van der Waals surface area contributed by atoms with Gasteiger partial charge in [-0.3, -0.25) is 9.10 Å². The molecule has 0 aliphatic carbocycles. The lowest BCUT2D eigenvalue weighted by Gasteiger charge is -2.29. The van der Waals surface area contributed by atoms with Crippen LogP contribution in [-0.2, 0) is 10.0 Å². The number of amides is 1. The fourth-order valence-electron chi connectivity index (χ4n) is 3.15. The molecule has 0 unspecified atom stereocenters. The molecule has 0 atom stereocenters. The molecule has 3 rings (SSSR count). The maximum Gasteiger partial charge on any atom is 0.264 e. The van der Waals surface area contributed by atoms with Crippen LogP contribution in [0.2, 0.25) is 5.02 Å². The van der Waals surface area contributed by atoms with Crippen molar-refractivity contribution >= 4 is 33.2 Å². The molecule has 1 N–H and O–H groups in total. The molecule has 0 saturated carbocycles. The Bertz CT molecular complexity index is 922. The zero-order valence-corrected chi connectivity index (χ0v) is 17.5. The van der Waals surface area contributed by atoms with Crippen molar-refractivity contribution in [3.63, 3.8) is 0 Å². The van der Waals surface area contributed by atoms with E-state index >= 15 is 0 Å². The first-order valence-corrected chi connectivity index (χ1v) is 10.9. The van der Waals surface area contributed by atoms with E-state index in [1.54, 1.807) is 36.4 Å². The van der Waals surface area contributed by atoms with E-state index in [4.69, 9.17) is 11.6 Å². The Morgan fingerprint density at radius 3 is 2.21 bits per heavy atom. The maximum absolute atomic E-state index is 12.8.